The van der Waals surface area contributed by atoms with Crippen LogP contribution in [0, 0.1) is 0 Å². The van der Waals surface area contributed by atoms with E-state index in [1.165, 1.54) is 5.69 Å². The number of hydrogen-bond donors (Lipinski definition) is 1. The van der Waals surface area contributed by atoms with Gasteiger partial charge in [0.15, 0.2) is 0 Å². The number of aromatic nitrogens is 2. The molecule has 1 aliphatic heterocycles. The molecule has 3 aromatic rings. The van der Waals surface area contributed by atoms with E-state index in [0.29, 0.717) is 0 Å². The second-order valence-electron chi connectivity index (χ2n) is 6.37. The van der Waals surface area contributed by atoms with Crippen molar-refractivity contribution >= 4 is 17.0 Å². The smallest absolute Gasteiger partial charge is 0.137 e. The van der Waals surface area contributed by atoms with Crippen molar-refractivity contribution in [2.75, 3.05) is 43.4 Å². The number of fused-ring (bicyclic) bond motifs is 1. The van der Waals surface area contributed by atoms with Crippen molar-refractivity contribution in [1.82, 2.24) is 14.3 Å². The van der Waals surface area contributed by atoms with Gasteiger partial charge in [0.05, 0.1) is 5.69 Å². The van der Waals surface area contributed by atoms with Crippen molar-refractivity contribution in [1.29, 1.82) is 0 Å². The molecule has 4 rings (SSSR count). The van der Waals surface area contributed by atoms with Gasteiger partial charge in [-0.05, 0) is 24.3 Å². The summed E-state index contributed by atoms with van der Waals surface area (Å²) in [4.78, 5) is 9.66. The van der Waals surface area contributed by atoms with E-state index >= 15 is 0 Å². The third-order valence-corrected chi connectivity index (χ3v) is 4.70. The summed E-state index contributed by atoms with van der Waals surface area (Å²) in [6, 6.07) is 14.5. The lowest BCUT2D eigenvalue weighted by molar-refractivity contribution is 0.260. The number of pyridine rings is 1. The van der Waals surface area contributed by atoms with E-state index in [0.717, 1.165) is 56.2 Å². The molecule has 0 atom stereocenters. The molecule has 1 aliphatic rings. The minimum atomic E-state index is 0.767. The molecule has 5 nitrogen and oxygen atoms in total. The summed E-state index contributed by atoms with van der Waals surface area (Å²) < 4.78 is 2.01. The molecule has 0 radical (unpaired) electrons. The van der Waals surface area contributed by atoms with Gasteiger partial charge in [0.2, 0.25) is 0 Å². The fraction of sp³-hybridized carbons (Fsp3) is 0.316. The molecule has 0 bridgehead atoms. The van der Waals surface area contributed by atoms with Gasteiger partial charge in [-0.25, -0.2) is 4.98 Å². The number of hydrogen-bond acceptors (Lipinski definition) is 4. The number of benzene rings is 1. The molecule has 0 unspecified atom stereocenters. The van der Waals surface area contributed by atoms with Crippen molar-refractivity contribution in [2.24, 2.45) is 0 Å². The number of nitrogens with zero attached hydrogens (tertiary/aromatic N) is 4. The van der Waals surface area contributed by atoms with E-state index in [2.05, 4.69) is 51.3 Å². The molecule has 3 heterocycles. The van der Waals surface area contributed by atoms with Crippen molar-refractivity contribution in [2.45, 2.75) is 6.42 Å². The number of rotatable bonds is 4. The number of imidazole rings is 1. The van der Waals surface area contributed by atoms with Crippen LogP contribution in [0.15, 0.2) is 54.9 Å². The number of piperazine rings is 1. The highest BCUT2D eigenvalue weighted by Gasteiger charge is 2.17. The van der Waals surface area contributed by atoms with Gasteiger partial charge in [-0.1, -0.05) is 18.2 Å². The van der Waals surface area contributed by atoms with E-state index in [-0.39, 0.29) is 0 Å². The van der Waals surface area contributed by atoms with Crippen LogP contribution in [-0.4, -0.2) is 47.0 Å². The summed E-state index contributed by atoms with van der Waals surface area (Å²) in [5.74, 6) is 0. The van der Waals surface area contributed by atoms with Crippen LogP contribution < -0.4 is 10.6 Å². The Labute approximate surface area is 142 Å². The van der Waals surface area contributed by atoms with Crippen molar-refractivity contribution < 1.29 is 0 Å². The Balaban J connectivity index is 1.32. The lowest BCUT2D eigenvalue weighted by atomic mass is 10.2. The highest BCUT2D eigenvalue weighted by Crippen LogP contribution is 2.16. The van der Waals surface area contributed by atoms with Crippen LogP contribution in [0.1, 0.15) is 5.69 Å². The average molecular weight is 321 g/mol. The number of anilines is 2. The Bertz CT molecular complexity index is 803. The molecule has 2 N–H and O–H groups in total. The third kappa shape index (κ3) is 3.21. The van der Waals surface area contributed by atoms with Crippen molar-refractivity contribution in [3.8, 4) is 0 Å². The second kappa shape index (κ2) is 6.53. The molecular weight excluding hydrogens is 298 g/mol. The molecule has 0 spiro atoms. The van der Waals surface area contributed by atoms with Gasteiger partial charge in [-0.3, -0.25) is 4.90 Å². The zero-order valence-electron chi connectivity index (χ0n) is 13.8. The minimum absolute atomic E-state index is 0.767. The maximum atomic E-state index is 5.82. The number of nitrogen functional groups attached to an aromatic ring is 1. The van der Waals surface area contributed by atoms with Crippen LogP contribution in [0.25, 0.3) is 5.65 Å². The maximum absolute atomic E-state index is 5.82. The molecular formula is C19H23N5. The highest BCUT2D eigenvalue weighted by molar-refractivity contribution is 5.48. The Hall–Kier alpha value is -2.53. The minimum Gasteiger partial charge on any atom is -0.398 e. The fourth-order valence-corrected chi connectivity index (χ4v) is 3.32. The Morgan fingerprint density at radius 3 is 2.50 bits per heavy atom. The molecule has 5 heteroatoms. The molecule has 24 heavy (non-hydrogen) atoms. The third-order valence-electron chi connectivity index (χ3n) is 4.70. The summed E-state index contributed by atoms with van der Waals surface area (Å²) in [6.45, 7) is 5.45. The molecule has 1 aromatic carbocycles. The molecule has 1 fully saturated rings. The lowest BCUT2D eigenvalue weighted by Crippen LogP contribution is -2.47. The normalized spacial score (nSPS) is 15.9. The van der Waals surface area contributed by atoms with Gasteiger partial charge in [0.25, 0.3) is 0 Å². The quantitative estimate of drug-likeness (QED) is 0.801. The van der Waals surface area contributed by atoms with Gasteiger partial charge >= 0.3 is 0 Å². The van der Waals surface area contributed by atoms with Crippen molar-refractivity contribution in [3.05, 3.63) is 60.6 Å². The Morgan fingerprint density at radius 1 is 0.917 bits per heavy atom. The molecule has 2 aromatic heterocycles. The highest BCUT2D eigenvalue weighted by atomic mass is 15.3. The van der Waals surface area contributed by atoms with Gasteiger partial charge < -0.3 is 15.0 Å². The van der Waals surface area contributed by atoms with Gasteiger partial charge in [0, 0.05) is 62.9 Å². The van der Waals surface area contributed by atoms with E-state index < -0.39 is 0 Å². The summed E-state index contributed by atoms with van der Waals surface area (Å²) >= 11 is 0. The number of nitrogens with two attached hydrogens (primary N) is 1. The second-order valence-corrected chi connectivity index (χ2v) is 6.37. The predicted molar refractivity (Wildman–Crippen MR) is 98.4 cm³/mol. The lowest BCUT2D eigenvalue weighted by Gasteiger charge is -2.36. The van der Waals surface area contributed by atoms with Crippen LogP contribution in [0.4, 0.5) is 11.4 Å². The average Bonchev–Trinajstić information content (AvgIpc) is 3.03. The molecule has 0 saturated carbocycles. The van der Waals surface area contributed by atoms with Crippen molar-refractivity contribution in [3.63, 3.8) is 0 Å². The van der Waals surface area contributed by atoms with Crippen LogP contribution in [-0.2, 0) is 6.42 Å². The van der Waals surface area contributed by atoms with Crippen LogP contribution in [0.5, 0.6) is 0 Å². The van der Waals surface area contributed by atoms with E-state index in [1.807, 2.05) is 22.7 Å². The first-order valence-electron chi connectivity index (χ1n) is 8.53. The molecule has 0 aliphatic carbocycles. The largest absolute Gasteiger partial charge is 0.398 e. The van der Waals surface area contributed by atoms with Crippen LogP contribution in [0.3, 0.4) is 0 Å². The predicted octanol–water partition coefficient (Wildman–Crippen LogP) is 2.28. The number of para-hydroxylation sites is 1. The molecule has 1 saturated heterocycles. The Morgan fingerprint density at radius 2 is 1.71 bits per heavy atom. The first-order valence-corrected chi connectivity index (χ1v) is 8.53. The Kier molecular flexibility index (Phi) is 4.09. The monoisotopic (exact) mass is 321 g/mol. The topological polar surface area (TPSA) is 49.8 Å². The molecule has 0 amide bonds. The zero-order chi connectivity index (χ0) is 16.4. The fourth-order valence-electron chi connectivity index (χ4n) is 3.32. The SMILES string of the molecule is Nc1ccc2nc(CCN3CCN(c4ccccc4)CC3)cn2c1. The van der Waals surface area contributed by atoms with Crippen LogP contribution >= 0.6 is 0 Å². The summed E-state index contributed by atoms with van der Waals surface area (Å²) in [7, 11) is 0. The standard InChI is InChI=1S/C19H23N5/c20-16-6-7-19-21-17(15-24(19)14-16)8-9-22-10-12-23(13-11-22)18-4-2-1-3-5-18/h1-7,14-15H,8-13,20H2. The van der Waals surface area contributed by atoms with Gasteiger partial charge in [-0.2, -0.15) is 0 Å². The van der Waals surface area contributed by atoms with E-state index in [9.17, 15) is 0 Å². The van der Waals surface area contributed by atoms with E-state index in [4.69, 9.17) is 5.73 Å². The maximum Gasteiger partial charge on any atom is 0.137 e. The first-order chi connectivity index (χ1) is 11.8. The summed E-state index contributed by atoms with van der Waals surface area (Å²) in [5, 5.41) is 0. The first kappa shape index (κ1) is 15.0. The summed E-state index contributed by atoms with van der Waals surface area (Å²) in [6.07, 6.45) is 4.99. The summed E-state index contributed by atoms with van der Waals surface area (Å²) in [5.41, 5.74) is 10.0. The molecule has 124 valence electrons. The van der Waals surface area contributed by atoms with Gasteiger partial charge in [-0.15, -0.1) is 0 Å². The van der Waals surface area contributed by atoms with E-state index in [1.54, 1.807) is 0 Å². The van der Waals surface area contributed by atoms with Crippen LogP contribution in [0.2, 0.25) is 0 Å². The van der Waals surface area contributed by atoms with Gasteiger partial charge in [0.1, 0.15) is 5.65 Å². The zero-order valence-corrected chi connectivity index (χ0v) is 13.8.